The van der Waals surface area contributed by atoms with Gasteiger partial charge >= 0.3 is 11.9 Å². The summed E-state index contributed by atoms with van der Waals surface area (Å²) in [5, 5.41) is 25.1. The first-order chi connectivity index (χ1) is 23.4. The Balaban J connectivity index is 2.37. The highest BCUT2D eigenvalue weighted by Gasteiger charge is 2.61. The number of carbonyl (C=O) groups is 2. The van der Waals surface area contributed by atoms with Gasteiger partial charge in [-0.25, -0.2) is 0 Å². The molecule has 294 valence electrons. The predicted octanol–water partition coefficient (Wildman–Crippen LogP) is 11.2. The molecule has 0 amide bonds. The molecule has 8 nitrogen and oxygen atoms in total. The molecule has 2 heterocycles. The monoisotopic (exact) mass is 709 g/mol. The topological polar surface area (TPSA) is 99.5 Å². The molecule has 2 saturated heterocycles. The summed E-state index contributed by atoms with van der Waals surface area (Å²) >= 11 is 0. The Morgan fingerprint density at radius 1 is 0.560 bits per heavy atom. The van der Waals surface area contributed by atoms with E-state index in [0.29, 0.717) is 26.1 Å². The average molecular weight is 709 g/mol. The molecule has 0 aromatic rings. The lowest BCUT2D eigenvalue weighted by molar-refractivity contribution is -0.307. The van der Waals surface area contributed by atoms with Gasteiger partial charge in [0.25, 0.3) is 0 Å². The van der Waals surface area contributed by atoms with Crippen molar-refractivity contribution in [1.82, 2.24) is 10.1 Å². The molecule has 2 aliphatic heterocycles. The van der Waals surface area contributed by atoms with Crippen LogP contribution in [0.4, 0.5) is 0 Å². The Morgan fingerprint density at radius 2 is 0.900 bits per heavy atom. The van der Waals surface area contributed by atoms with E-state index in [2.05, 4.69) is 79.4 Å². The molecule has 0 bridgehead atoms. The summed E-state index contributed by atoms with van der Waals surface area (Å²) in [5.74, 6) is -1.41. The molecule has 0 aromatic carbocycles. The third-order valence-corrected chi connectivity index (χ3v) is 12.0. The van der Waals surface area contributed by atoms with Gasteiger partial charge in [0.05, 0.1) is 18.6 Å². The number of hydrogen-bond acceptors (Lipinski definition) is 6. The minimum absolute atomic E-state index is 0.0101. The van der Waals surface area contributed by atoms with Gasteiger partial charge in [-0.3, -0.25) is 19.3 Å². The number of carboxylic acids is 2. The van der Waals surface area contributed by atoms with Crippen LogP contribution in [0.25, 0.3) is 0 Å². The fourth-order valence-electron chi connectivity index (χ4n) is 10.1. The maximum atomic E-state index is 14.1. The van der Waals surface area contributed by atoms with Gasteiger partial charge in [0.15, 0.2) is 0 Å². The van der Waals surface area contributed by atoms with E-state index < -0.39 is 17.4 Å². The SMILES string of the molecule is CCCCCCCON1C(C)(C)CC(C(CCCCCCCC(=O)O)(C(=O)O)C2CC(C)(C)N(OCCCCCCC)C(C)(C)C2)CC1(C)C. The second-order valence-electron chi connectivity index (χ2n) is 18.6. The quantitative estimate of drug-likeness (QED) is 0.0904. The molecular weight excluding hydrogens is 628 g/mol. The van der Waals surface area contributed by atoms with Crippen molar-refractivity contribution in [3.8, 4) is 0 Å². The third-order valence-electron chi connectivity index (χ3n) is 12.0. The Hall–Kier alpha value is -1.22. The molecular formula is C42H80N2O6. The van der Waals surface area contributed by atoms with Crippen LogP contribution in [0, 0.1) is 17.3 Å². The third kappa shape index (κ3) is 12.7. The molecule has 2 aliphatic rings. The van der Waals surface area contributed by atoms with Gasteiger partial charge in [0, 0.05) is 28.6 Å². The molecule has 0 unspecified atom stereocenters. The highest BCUT2D eigenvalue weighted by Crippen LogP contribution is 2.58. The smallest absolute Gasteiger partial charge is 0.310 e. The second kappa shape index (κ2) is 20.3. The van der Waals surface area contributed by atoms with Crippen LogP contribution in [0.2, 0.25) is 0 Å². The fourth-order valence-corrected chi connectivity index (χ4v) is 10.1. The first-order valence-electron chi connectivity index (χ1n) is 20.7. The van der Waals surface area contributed by atoms with Crippen LogP contribution in [0.15, 0.2) is 0 Å². The molecule has 0 radical (unpaired) electrons. The summed E-state index contributed by atoms with van der Waals surface area (Å²) in [7, 11) is 0. The maximum Gasteiger partial charge on any atom is 0.310 e. The molecule has 0 atom stereocenters. The first kappa shape index (κ1) is 44.9. The van der Waals surface area contributed by atoms with Gasteiger partial charge in [-0.05, 0) is 119 Å². The Kier molecular flexibility index (Phi) is 18.2. The number of nitrogens with zero attached hydrogens (tertiary/aromatic N) is 2. The molecule has 2 rings (SSSR count). The minimum atomic E-state index is -0.886. The molecule has 8 heteroatoms. The largest absolute Gasteiger partial charge is 0.481 e. The maximum absolute atomic E-state index is 14.1. The summed E-state index contributed by atoms with van der Waals surface area (Å²) in [6.07, 6.45) is 20.1. The van der Waals surface area contributed by atoms with E-state index in [9.17, 15) is 14.7 Å². The van der Waals surface area contributed by atoms with Crippen molar-refractivity contribution < 1.29 is 29.5 Å². The number of hydrogen-bond donors (Lipinski definition) is 2. The summed E-state index contributed by atoms with van der Waals surface area (Å²) in [6.45, 7) is 23.9. The molecule has 0 saturated carbocycles. The van der Waals surface area contributed by atoms with E-state index >= 15 is 0 Å². The lowest BCUT2D eigenvalue weighted by Crippen LogP contribution is -2.67. The van der Waals surface area contributed by atoms with Crippen LogP contribution in [-0.2, 0) is 19.3 Å². The first-order valence-corrected chi connectivity index (χ1v) is 20.7. The fraction of sp³-hybridized carbons (Fsp3) is 0.952. The zero-order valence-electron chi connectivity index (χ0n) is 34.3. The zero-order chi connectivity index (χ0) is 37.6. The minimum Gasteiger partial charge on any atom is -0.481 e. The molecule has 0 aromatic heterocycles. The van der Waals surface area contributed by atoms with Crippen LogP contribution in [0.1, 0.15) is 204 Å². The van der Waals surface area contributed by atoms with Crippen LogP contribution < -0.4 is 0 Å². The van der Waals surface area contributed by atoms with Crippen LogP contribution in [0.5, 0.6) is 0 Å². The molecule has 2 fully saturated rings. The van der Waals surface area contributed by atoms with Crippen LogP contribution >= 0.6 is 0 Å². The van der Waals surface area contributed by atoms with Crippen molar-refractivity contribution in [2.45, 2.75) is 226 Å². The van der Waals surface area contributed by atoms with E-state index in [1.54, 1.807) is 0 Å². The number of aliphatic carboxylic acids is 2. The van der Waals surface area contributed by atoms with Gasteiger partial charge in [-0.15, -0.1) is 0 Å². The van der Waals surface area contributed by atoms with E-state index in [1.165, 1.54) is 51.4 Å². The van der Waals surface area contributed by atoms with Crippen molar-refractivity contribution in [3.63, 3.8) is 0 Å². The van der Waals surface area contributed by atoms with Crippen molar-refractivity contribution in [2.24, 2.45) is 17.3 Å². The summed E-state index contributed by atoms with van der Waals surface area (Å²) in [5.41, 5.74) is -2.16. The normalized spacial score (nSPS) is 21.4. The zero-order valence-corrected chi connectivity index (χ0v) is 34.3. The molecule has 2 N–H and O–H groups in total. The molecule has 0 aliphatic carbocycles. The number of carboxylic acid groups (broad SMARTS) is 2. The van der Waals surface area contributed by atoms with Crippen molar-refractivity contribution in [3.05, 3.63) is 0 Å². The number of unbranched alkanes of at least 4 members (excludes halogenated alkanes) is 12. The molecule has 50 heavy (non-hydrogen) atoms. The Bertz CT molecular complexity index is 916. The average Bonchev–Trinajstić information content (AvgIpc) is 2.98. The number of rotatable bonds is 25. The number of piperidine rings is 2. The van der Waals surface area contributed by atoms with Gasteiger partial charge in [-0.2, -0.15) is 10.1 Å². The lowest BCUT2D eigenvalue weighted by Gasteiger charge is -2.61. The van der Waals surface area contributed by atoms with E-state index in [1.807, 2.05) is 0 Å². The van der Waals surface area contributed by atoms with E-state index in [4.69, 9.17) is 14.8 Å². The van der Waals surface area contributed by atoms with Crippen LogP contribution in [-0.4, -0.2) is 67.6 Å². The van der Waals surface area contributed by atoms with E-state index in [-0.39, 0.29) is 40.4 Å². The van der Waals surface area contributed by atoms with Crippen molar-refractivity contribution in [2.75, 3.05) is 13.2 Å². The van der Waals surface area contributed by atoms with Crippen LogP contribution in [0.3, 0.4) is 0 Å². The van der Waals surface area contributed by atoms with Crippen molar-refractivity contribution >= 4 is 11.9 Å². The van der Waals surface area contributed by atoms with Gasteiger partial charge in [-0.1, -0.05) is 90.9 Å². The lowest BCUT2D eigenvalue weighted by atomic mass is 9.52. The second-order valence-corrected chi connectivity index (χ2v) is 18.6. The summed E-state index contributed by atoms with van der Waals surface area (Å²) < 4.78 is 0. The number of hydroxylamine groups is 4. The van der Waals surface area contributed by atoms with Crippen molar-refractivity contribution in [1.29, 1.82) is 0 Å². The Morgan fingerprint density at radius 3 is 1.26 bits per heavy atom. The Labute approximate surface area is 307 Å². The standard InChI is InChI=1S/C42H80N2O6/c1-11-13-15-20-24-28-49-43-38(3,4)30-34(31-39(43,5)6)42(37(47)48,27-23-19-17-18-22-26-36(45)46)35-32-40(7,8)44(41(9,10)33-35)50-29-25-21-16-14-12-2/h34-35H,11-33H2,1-10H3,(H,45,46)(H,47,48). The summed E-state index contributed by atoms with van der Waals surface area (Å²) in [4.78, 5) is 38.3. The van der Waals surface area contributed by atoms with Gasteiger partial charge < -0.3 is 10.2 Å². The summed E-state index contributed by atoms with van der Waals surface area (Å²) in [6, 6.07) is 0. The molecule has 0 spiro atoms. The predicted molar refractivity (Wildman–Crippen MR) is 205 cm³/mol. The highest BCUT2D eigenvalue weighted by molar-refractivity contribution is 5.76. The highest BCUT2D eigenvalue weighted by atomic mass is 16.7. The van der Waals surface area contributed by atoms with E-state index in [0.717, 1.165) is 64.2 Å². The van der Waals surface area contributed by atoms with Gasteiger partial charge in [0.2, 0.25) is 0 Å². The van der Waals surface area contributed by atoms with Gasteiger partial charge in [0.1, 0.15) is 0 Å².